The molecule has 0 unspecified atom stereocenters. The number of ether oxygens (including phenoxy) is 1. The second-order valence-corrected chi connectivity index (χ2v) is 10.8. The molecule has 0 radical (unpaired) electrons. The Balaban J connectivity index is 1.31. The van der Waals surface area contributed by atoms with Gasteiger partial charge in [0.05, 0.1) is 17.7 Å². The lowest BCUT2D eigenvalue weighted by atomic mass is 10.2. The Morgan fingerprint density at radius 2 is 1.76 bits per heavy atom. The average molecular weight is 498 g/mol. The number of benzene rings is 2. The van der Waals surface area contributed by atoms with Crippen LogP contribution in [0.3, 0.4) is 0 Å². The highest BCUT2D eigenvalue weighted by atomic mass is 32.2. The normalized spacial score (nSPS) is 15.6. The Morgan fingerprint density at radius 3 is 2.50 bits per heavy atom. The van der Waals surface area contributed by atoms with Crippen LogP contribution in [0.1, 0.15) is 5.69 Å². The number of hydrogen-bond acceptors (Lipinski definition) is 8. The van der Waals surface area contributed by atoms with Gasteiger partial charge in [0.25, 0.3) is 5.56 Å². The van der Waals surface area contributed by atoms with Crippen molar-refractivity contribution in [1.82, 2.24) is 23.8 Å². The summed E-state index contributed by atoms with van der Waals surface area (Å²) in [6.45, 7) is 2.37. The van der Waals surface area contributed by atoms with Gasteiger partial charge in [0.1, 0.15) is 10.8 Å². The summed E-state index contributed by atoms with van der Waals surface area (Å²) in [5.41, 5.74) is 1.26. The molecule has 3 heterocycles. The van der Waals surface area contributed by atoms with Gasteiger partial charge in [-0.25, -0.2) is 13.4 Å². The van der Waals surface area contributed by atoms with Gasteiger partial charge in [0.2, 0.25) is 15.0 Å². The molecule has 0 bridgehead atoms. The fraction of sp³-hybridized carbons (Fsp3) is 0.261. The summed E-state index contributed by atoms with van der Waals surface area (Å²) in [7, 11) is -1.90. The number of piperazine rings is 1. The zero-order valence-corrected chi connectivity index (χ0v) is 20.1. The lowest BCUT2D eigenvalue weighted by Crippen LogP contribution is -2.48. The molecule has 1 aliphatic heterocycles. The summed E-state index contributed by atoms with van der Waals surface area (Å²) in [5.74, 6) is 0.714. The first-order chi connectivity index (χ1) is 16.4. The standard InChI is InChI=1S/C23H23N5O4S2/c1-32-19-7-5-6-17(14-19)22-25-28-21(29)15-18(24-23(28)33-22)16-26-10-12-27(13-11-26)34(30,31)20-8-3-2-4-9-20/h2-9,14-15H,10-13,16H2,1H3. The lowest BCUT2D eigenvalue weighted by Gasteiger charge is -2.33. The second-order valence-electron chi connectivity index (χ2n) is 7.91. The van der Waals surface area contributed by atoms with Gasteiger partial charge >= 0.3 is 0 Å². The van der Waals surface area contributed by atoms with Gasteiger partial charge in [-0.2, -0.15) is 13.9 Å². The van der Waals surface area contributed by atoms with Gasteiger partial charge in [0, 0.05) is 44.4 Å². The number of sulfonamides is 1. The molecule has 11 heteroatoms. The molecule has 4 aromatic rings. The van der Waals surface area contributed by atoms with Crippen molar-refractivity contribution in [2.45, 2.75) is 11.4 Å². The first-order valence-electron chi connectivity index (χ1n) is 10.8. The van der Waals surface area contributed by atoms with Crippen molar-refractivity contribution in [1.29, 1.82) is 0 Å². The van der Waals surface area contributed by atoms with E-state index in [1.165, 1.54) is 26.2 Å². The number of rotatable bonds is 6. The second kappa shape index (κ2) is 9.26. The Hall–Kier alpha value is -3.12. The smallest absolute Gasteiger partial charge is 0.275 e. The minimum atomic E-state index is -3.50. The van der Waals surface area contributed by atoms with E-state index in [0.717, 1.165) is 5.56 Å². The molecule has 2 aromatic heterocycles. The average Bonchev–Trinajstić information content (AvgIpc) is 3.30. The predicted molar refractivity (Wildman–Crippen MR) is 130 cm³/mol. The summed E-state index contributed by atoms with van der Waals surface area (Å²) < 4.78 is 33.8. The molecule has 0 aliphatic carbocycles. The van der Waals surface area contributed by atoms with Crippen molar-refractivity contribution in [3.05, 3.63) is 76.7 Å². The number of fused-ring (bicyclic) bond motifs is 1. The fourth-order valence-electron chi connectivity index (χ4n) is 3.91. The van der Waals surface area contributed by atoms with E-state index in [2.05, 4.69) is 15.0 Å². The molecule has 0 amide bonds. The van der Waals surface area contributed by atoms with Crippen molar-refractivity contribution in [3.8, 4) is 16.3 Å². The largest absolute Gasteiger partial charge is 0.497 e. The van der Waals surface area contributed by atoms with Crippen molar-refractivity contribution < 1.29 is 13.2 Å². The maximum absolute atomic E-state index is 12.8. The van der Waals surface area contributed by atoms with E-state index in [1.807, 2.05) is 24.3 Å². The molecular weight excluding hydrogens is 474 g/mol. The molecule has 34 heavy (non-hydrogen) atoms. The molecule has 0 spiro atoms. The number of methoxy groups -OCH3 is 1. The molecule has 1 fully saturated rings. The topological polar surface area (TPSA) is 97.1 Å². The van der Waals surface area contributed by atoms with Crippen LogP contribution < -0.4 is 10.3 Å². The van der Waals surface area contributed by atoms with E-state index < -0.39 is 10.0 Å². The number of nitrogens with zero attached hydrogens (tertiary/aromatic N) is 5. The van der Waals surface area contributed by atoms with Gasteiger partial charge < -0.3 is 4.74 Å². The van der Waals surface area contributed by atoms with Crippen LogP contribution in [0.25, 0.3) is 15.5 Å². The highest BCUT2D eigenvalue weighted by Gasteiger charge is 2.28. The first-order valence-corrected chi connectivity index (χ1v) is 13.0. The van der Waals surface area contributed by atoms with Crippen molar-refractivity contribution in [2.75, 3.05) is 33.3 Å². The van der Waals surface area contributed by atoms with E-state index in [-0.39, 0.29) is 5.56 Å². The van der Waals surface area contributed by atoms with E-state index in [9.17, 15) is 13.2 Å². The highest BCUT2D eigenvalue weighted by molar-refractivity contribution is 7.89. The van der Waals surface area contributed by atoms with Crippen molar-refractivity contribution in [2.24, 2.45) is 0 Å². The Morgan fingerprint density at radius 1 is 1.00 bits per heavy atom. The van der Waals surface area contributed by atoms with E-state index in [1.54, 1.807) is 37.4 Å². The third-order valence-electron chi connectivity index (χ3n) is 5.71. The van der Waals surface area contributed by atoms with Gasteiger partial charge in [-0.05, 0) is 24.3 Å². The summed E-state index contributed by atoms with van der Waals surface area (Å²) in [6, 6.07) is 17.5. The van der Waals surface area contributed by atoms with E-state index in [0.29, 0.717) is 59.0 Å². The SMILES string of the molecule is COc1cccc(-c2nn3c(=O)cc(CN4CCN(S(=O)(=O)c5ccccc5)CC4)nc3s2)c1. The van der Waals surface area contributed by atoms with Gasteiger partial charge in [-0.3, -0.25) is 9.69 Å². The Labute approximate surface area is 200 Å². The van der Waals surface area contributed by atoms with Crippen LogP contribution in [0.15, 0.2) is 70.4 Å². The minimum Gasteiger partial charge on any atom is -0.497 e. The molecular formula is C23H23N5O4S2. The van der Waals surface area contributed by atoms with E-state index in [4.69, 9.17) is 4.74 Å². The zero-order chi connectivity index (χ0) is 23.7. The first kappa shape index (κ1) is 22.7. The number of hydrogen-bond donors (Lipinski definition) is 0. The molecule has 5 rings (SSSR count). The fourth-order valence-corrected chi connectivity index (χ4v) is 6.27. The van der Waals surface area contributed by atoms with Crippen LogP contribution in [-0.2, 0) is 16.6 Å². The van der Waals surface area contributed by atoms with Crippen molar-refractivity contribution in [3.63, 3.8) is 0 Å². The molecule has 176 valence electrons. The maximum atomic E-state index is 12.8. The van der Waals surface area contributed by atoms with Gasteiger partial charge in [-0.1, -0.05) is 41.7 Å². The van der Waals surface area contributed by atoms with Crippen LogP contribution in [0.4, 0.5) is 0 Å². The van der Waals surface area contributed by atoms with Gasteiger partial charge in [0.15, 0.2) is 0 Å². The molecule has 9 nitrogen and oxygen atoms in total. The molecule has 0 atom stereocenters. The lowest BCUT2D eigenvalue weighted by molar-refractivity contribution is 0.180. The third-order valence-corrected chi connectivity index (χ3v) is 8.58. The quantitative estimate of drug-likeness (QED) is 0.403. The van der Waals surface area contributed by atoms with Crippen molar-refractivity contribution >= 4 is 26.3 Å². The van der Waals surface area contributed by atoms with Crippen LogP contribution in [0.2, 0.25) is 0 Å². The van der Waals surface area contributed by atoms with Crippen LogP contribution >= 0.6 is 11.3 Å². The zero-order valence-electron chi connectivity index (χ0n) is 18.5. The maximum Gasteiger partial charge on any atom is 0.275 e. The molecule has 1 saturated heterocycles. The summed E-state index contributed by atoms with van der Waals surface area (Å²) in [4.78, 5) is 20.3. The molecule has 0 saturated carbocycles. The minimum absolute atomic E-state index is 0.240. The van der Waals surface area contributed by atoms with Crippen LogP contribution in [-0.4, -0.2) is 65.5 Å². The Bertz CT molecular complexity index is 1480. The van der Waals surface area contributed by atoms with Crippen LogP contribution in [0.5, 0.6) is 5.75 Å². The number of aromatic nitrogens is 3. The molecule has 2 aromatic carbocycles. The third kappa shape index (κ3) is 4.47. The monoisotopic (exact) mass is 497 g/mol. The molecule has 0 N–H and O–H groups in total. The van der Waals surface area contributed by atoms with E-state index >= 15 is 0 Å². The summed E-state index contributed by atoms with van der Waals surface area (Å²) in [6.07, 6.45) is 0. The molecule has 1 aliphatic rings. The van der Waals surface area contributed by atoms with Crippen LogP contribution in [0, 0.1) is 0 Å². The summed E-state index contributed by atoms with van der Waals surface area (Å²) in [5, 5.41) is 5.11. The highest BCUT2D eigenvalue weighted by Crippen LogP contribution is 2.27. The summed E-state index contributed by atoms with van der Waals surface area (Å²) >= 11 is 1.34. The Kier molecular flexibility index (Phi) is 6.17. The van der Waals surface area contributed by atoms with Gasteiger partial charge in [-0.15, -0.1) is 0 Å². The predicted octanol–water partition coefficient (Wildman–Crippen LogP) is 2.33.